The monoisotopic (exact) mass is 486 g/mol. The normalized spacial score (nSPS) is 29.0. The van der Waals surface area contributed by atoms with Crippen LogP contribution in [0.1, 0.15) is 38.5 Å². The molecule has 4 saturated carbocycles. The summed E-state index contributed by atoms with van der Waals surface area (Å²) < 4.78 is 11.7. The van der Waals surface area contributed by atoms with Crippen molar-refractivity contribution in [2.24, 2.45) is 23.2 Å². The quantitative estimate of drug-likeness (QED) is 0.466. The van der Waals surface area contributed by atoms with Crippen molar-refractivity contribution in [2.45, 2.75) is 42.9 Å². The number of benzene rings is 1. The third kappa shape index (κ3) is 4.30. The first-order valence-corrected chi connectivity index (χ1v) is 13.3. The molecule has 2 N–H and O–H groups in total. The number of rotatable bonds is 6. The molecule has 2 heterocycles. The van der Waals surface area contributed by atoms with Crippen LogP contribution in [0.5, 0.6) is 11.5 Å². The van der Waals surface area contributed by atoms with Crippen molar-refractivity contribution in [1.29, 1.82) is 0 Å². The second-order valence-corrected chi connectivity index (χ2v) is 11.9. The average Bonchev–Trinajstić information content (AvgIpc) is 3.24. The zero-order chi connectivity index (χ0) is 22.4. The summed E-state index contributed by atoms with van der Waals surface area (Å²) in [5.41, 5.74) is 0.447. The number of anilines is 2. The van der Waals surface area contributed by atoms with Crippen molar-refractivity contribution in [3.8, 4) is 11.5 Å². The van der Waals surface area contributed by atoms with Gasteiger partial charge in [0.1, 0.15) is 13.2 Å². The van der Waals surface area contributed by atoms with Crippen LogP contribution in [0, 0.1) is 23.2 Å². The summed E-state index contributed by atoms with van der Waals surface area (Å²) in [4.78, 5) is 25.6. The van der Waals surface area contributed by atoms with E-state index < -0.39 is 0 Å². The van der Waals surface area contributed by atoms with E-state index in [-0.39, 0.29) is 23.0 Å². The Labute approximate surface area is 200 Å². The zero-order valence-corrected chi connectivity index (χ0v) is 19.8. The van der Waals surface area contributed by atoms with Crippen LogP contribution in [0.15, 0.2) is 22.5 Å². The number of aromatic nitrogens is 2. The molecule has 10 heteroatoms. The van der Waals surface area contributed by atoms with E-state index in [0.717, 1.165) is 37.0 Å². The number of hydrogen-bond acceptors (Lipinski definition) is 8. The first-order chi connectivity index (χ1) is 16.0. The van der Waals surface area contributed by atoms with Crippen LogP contribution >= 0.6 is 23.1 Å². The first-order valence-electron chi connectivity index (χ1n) is 11.5. The molecule has 0 saturated heterocycles. The molecule has 1 aliphatic heterocycles. The van der Waals surface area contributed by atoms with Crippen LogP contribution in [0.3, 0.4) is 0 Å². The highest BCUT2D eigenvalue weighted by atomic mass is 32.2. The summed E-state index contributed by atoms with van der Waals surface area (Å²) in [6, 6.07) is 5.35. The Balaban J connectivity index is 1.02. The molecule has 7 rings (SSSR count). The number of thioether (sulfide) groups is 1. The predicted molar refractivity (Wildman–Crippen MR) is 126 cm³/mol. The van der Waals surface area contributed by atoms with Gasteiger partial charge in [-0.15, -0.1) is 10.2 Å². The van der Waals surface area contributed by atoms with Crippen molar-refractivity contribution in [2.75, 3.05) is 29.6 Å². The maximum atomic E-state index is 13.2. The molecule has 0 spiro atoms. The molecule has 0 atom stereocenters. The average molecular weight is 487 g/mol. The minimum Gasteiger partial charge on any atom is -0.486 e. The lowest BCUT2D eigenvalue weighted by Crippen LogP contribution is -2.51. The second kappa shape index (κ2) is 8.47. The van der Waals surface area contributed by atoms with Crippen LogP contribution in [-0.4, -0.2) is 41.0 Å². The number of hydrogen-bond donors (Lipinski definition) is 2. The van der Waals surface area contributed by atoms with Crippen LogP contribution in [-0.2, 0) is 9.59 Å². The standard InChI is InChI=1S/C23H26N4O4S2/c28-19(24-16-1-2-17-18(8-16)31-4-3-30-17)12-32-22-27-26-21(33-22)25-20(29)23-9-13-5-14(10-23)7-15(6-13)11-23/h1-2,8,13-15H,3-7,9-12H2,(H,24,28)(H,25,26,29). The van der Waals surface area contributed by atoms with Crippen molar-refractivity contribution >= 4 is 45.7 Å². The molecule has 4 bridgehead atoms. The maximum Gasteiger partial charge on any atom is 0.234 e. The number of fused-ring (bicyclic) bond motifs is 1. The molecule has 174 valence electrons. The summed E-state index contributed by atoms with van der Waals surface area (Å²) >= 11 is 2.63. The van der Waals surface area contributed by atoms with E-state index in [9.17, 15) is 9.59 Å². The zero-order valence-electron chi connectivity index (χ0n) is 18.2. The van der Waals surface area contributed by atoms with Gasteiger partial charge in [0.15, 0.2) is 15.8 Å². The molecule has 0 radical (unpaired) electrons. The number of carbonyl (C=O) groups is 2. The van der Waals surface area contributed by atoms with Gasteiger partial charge < -0.3 is 20.1 Å². The third-order valence-corrected chi connectivity index (χ3v) is 9.27. The Morgan fingerprint density at radius 2 is 1.70 bits per heavy atom. The highest BCUT2D eigenvalue weighted by Gasteiger charge is 2.54. The molecule has 1 aromatic heterocycles. The Bertz CT molecular complexity index is 1050. The number of ether oxygens (including phenoxy) is 2. The van der Waals surface area contributed by atoms with Gasteiger partial charge >= 0.3 is 0 Å². The lowest BCUT2D eigenvalue weighted by Gasteiger charge is -2.55. The van der Waals surface area contributed by atoms with E-state index in [2.05, 4.69) is 20.8 Å². The van der Waals surface area contributed by atoms with Crippen molar-refractivity contribution < 1.29 is 19.1 Å². The van der Waals surface area contributed by atoms with Gasteiger partial charge in [0.2, 0.25) is 16.9 Å². The predicted octanol–water partition coefficient (Wildman–Crippen LogP) is 4.20. The fraction of sp³-hybridized carbons (Fsp3) is 0.565. The number of carbonyl (C=O) groups excluding carboxylic acids is 2. The topological polar surface area (TPSA) is 102 Å². The van der Waals surface area contributed by atoms with Crippen LogP contribution < -0.4 is 20.1 Å². The third-order valence-electron chi connectivity index (χ3n) is 7.30. The van der Waals surface area contributed by atoms with E-state index in [0.29, 0.717) is 39.9 Å². The van der Waals surface area contributed by atoms with Crippen LogP contribution in [0.4, 0.5) is 10.8 Å². The molecular weight excluding hydrogens is 460 g/mol. The largest absolute Gasteiger partial charge is 0.486 e. The number of nitrogens with one attached hydrogen (secondary N) is 2. The minimum atomic E-state index is -0.211. The molecular formula is C23H26N4O4S2. The Kier molecular flexibility index (Phi) is 5.44. The van der Waals surface area contributed by atoms with Gasteiger partial charge in [-0.3, -0.25) is 9.59 Å². The van der Waals surface area contributed by atoms with E-state index in [1.807, 2.05) is 0 Å². The summed E-state index contributed by atoms with van der Waals surface area (Å²) in [6.45, 7) is 1.03. The Morgan fingerprint density at radius 1 is 1.00 bits per heavy atom. The molecule has 2 amide bonds. The van der Waals surface area contributed by atoms with Crippen molar-refractivity contribution in [3.05, 3.63) is 18.2 Å². The molecule has 1 aromatic carbocycles. The first kappa shape index (κ1) is 21.2. The summed E-state index contributed by atoms with van der Waals surface area (Å²) in [7, 11) is 0. The summed E-state index contributed by atoms with van der Waals surface area (Å²) in [5.74, 6) is 3.64. The summed E-state index contributed by atoms with van der Waals surface area (Å²) in [5, 5.41) is 14.7. The number of nitrogens with zero attached hydrogens (tertiary/aromatic N) is 2. The molecule has 4 fully saturated rings. The second-order valence-electron chi connectivity index (χ2n) is 9.72. The van der Waals surface area contributed by atoms with Gasteiger partial charge in [0.05, 0.1) is 11.2 Å². The molecule has 33 heavy (non-hydrogen) atoms. The summed E-state index contributed by atoms with van der Waals surface area (Å²) in [6.07, 6.45) is 6.98. The van der Waals surface area contributed by atoms with Crippen LogP contribution in [0.25, 0.3) is 0 Å². The van der Waals surface area contributed by atoms with Gasteiger partial charge in [-0.1, -0.05) is 23.1 Å². The fourth-order valence-electron chi connectivity index (χ4n) is 6.38. The molecule has 2 aromatic rings. The highest BCUT2D eigenvalue weighted by molar-refractivity contribution is 8.01. The maximum absolute atomic E-state index is 13.2. The van der Waals surface area contributed by atoms with Crippen molar-refractivity contribution in [1.82, 2.24) is 10.2 Å². The molecule has 8 nitrogen and oxygen atoms in total. The molecule has 5 aliphatic rings. The SMILES string of the molecule is O=C(CSc1nnc(NC(=O)C23CC4CC(CC(C4)C2)C3)s1)Nc1ccc2c(c1)OCCO2. The van der Waals surface area contributed by atoms with Gasteiger partial charge in [-0.2, -0.15) is 0 Å². The Morgan fingerprint density at radius 3 is 2.42 bits per heavy atom. The fourth-order valence-corrected chi connectivity index (χ4v) is 7.93. The Hall–Kier alpha value is -2.33. The lowest BCUT2D eigenvalue weighted by atomic mass is 9.49. The van der Waals surface area contributed by atoms with E-state index in [4.69, 9.17) is 9.47 Å². The van der Waals surface area contributed by atoms with Gasteiger partial charge in [0.25, 0.3) is 0 Å². The van der Waals surface area contributed by atoms with E-state index in [1.54, 1.807) is 18.2 Å². The van der Waals surface area contributed by atoms with E-state index >= 15 is 0 Å². The van der Waals surface area contributed by atoms with E-state index in [1.165, 1.54) is 42.4 Å². The van der Waals surface area contributed by atoms with Gasteiger partial charge in [-0.25, -0.2) is 0 Å². The smallest absolute Gasteiger partial charge is 0.234 e. The molecule has 0 unspecified atom stereocenters. The number of amides is 2. The van der Waals surface area contributed by atoms with Crippen molar-refractivity contribution in [3.63, 3.8) is 0 Å². The molecule has 4 aliphatic carbocycles. The highest BCUT2D eigenvalue weighted by Crippen LogP contribution is 2.60. The minimum absolute atomic E-state index is 0.116. The van der Waals surface area contributed by atoms with Gasteiger partial charge in [-0.05, 0) is 68.4 Å². The lowest BCUT2D eigenvalue weighted by molar-refractivity contribution is -0.140. The van der Waals surface area contributed by atoms with Crippen LogP contribution in [0.2, 0.25) is 0 Å². The van der Waals surface area contributed by atoms with Gasteiger partial charge in [0, 0.05) is 11.8 Å².